The van der Waals surface area contributed by atoms with E-state index in [0.29, 0.717) is 13.2 Å². The fourth-order valence-corrected chi connectivity index (χ4v) is 1.06. The summed E-state index contributed by atoms with van der Waals surface area (Å²) in [4.78, 5) is 4.95. The van der Waals surface area contributed by atoms with Gasteiger partial charge in [-0.15, -0.1) is 5.06 Å². The third-order valence-electron chi connectivity index (χ3n) is 1.51. The van der Waals surface area contributed by atoms with Crippen molar-refractivity contribution in [2.75, 3.05) is 26.3 Å². The molecule has 1 aliphatic rings. The minimum atomic E-state index is 0.0538. The standard InChI is InChI=1S/C5H10N2O2S.C4H7NOS/c6-5(10)9-7-1-3-8-4-2-7;1-2-3-6-4(5)7/h1-4H2,(H2,6,10);2-3H,1H3,(H2,5,7). The SMILES string of the molecule is CC=COC(N)=S.NC(=S)ON1CCOCC1. The zero-order valence-corrected chi connectivity index (χ0v) is 11.3. The van der Waals surface area contributed by atoms with Crippen molar-refractivity contribution in [2.45, 2.75) is 6.92 Å². The number of hydrogen-bond donors (Lipinski definition) is 2. The fraction of sp³-hybridized carbons (Fsp3) is 0.556. The van der Waals surface area contributed by atoms with Crippen molar-refractivity contribution in [1.29, 1.82) is 0 Å². The Hall–Kier alpha value is -0.960. The molecule has 98 valence electrons. The van der Waals surface area contributed by atoms with Gasteiger partial charge in [-0.2, -0.15) is 0 Å². The molecule has 0 aliphatic carbocycles. The summed E-state index contributed by atoms with van der Waals surface area (Å²) in [6.07, 6.45) is 3.14. The van der Waals surface area contributed by atoms with Gasteiger partial charge >= 0.3 is 0 Å². The van der Waals surface area contributed by atoms with Gasteiger partial charge in [-0.25, -0.2) is 0 Å². The first-order valence-electron chi connectivity index (χ1n) is 4.93. The maximum absolute atomic E-state index is 5.15. The van der Waals surface area contributed by atoms with Crippen molar-refractivity contribution in [3.63, 3.8) is 0 Å². The van der Waals surface area contributed by atoms with Gasteiger partial charge in [0.25, 0.3) is 10.3 Å². The normalized spacial score (nSPS) is 15.8. The number of nitrogens with two attached hydrogens (primary N) is 2. The number of hydroxylamine groups is 2. The van der Waals surface area contributed by atoms with Crippen LogP contribution >= 0.6 is 24.4 Å². The lowest BCUT2D eigenvalue weighted by Crippen LogP contribution is -2.39. The van der Waals surface area contributed by atoms with E-state index in [1.807, 2.05) is 6.92 Å². The zero-order valence-electron chi connectivity index (χ0n) is 9.63. The minimum absolute atomic E-state index is 0.0538. The second-order valence-electron chi connectivity index (χ2n) is 2.86. The Labute approximate surface area is 111 Å². The monoisotopic (exact) mass is 279 g/mol. The maximum Gasteiger partial charge on any atom is 0.276 e. The van der Waals surface area contributed by atoms with Crippen molar-refractivity contribution >= 4 is 34.8 Å². The van der Waals surface area contributed by atoms with Gasteiger partial charge in [0.05, 0.1) is 32.6 Å². The lowest BCUT2D eigenvalue weighted by molar-refractivity contribution is -0.127. The van der Waals surface area contributed by atoms with E-state index >= 15 is 0 Å². The van der Waals surface area contributed by atoms with E-state index in [0.717, 1.165) is 13.1 Å². The van der Waals surface area contributed by atoms with E-state index in [1.165, 1.54) is 6.26 Å². The first-order valence-corrected chi connectivity index (χ1v) is 5.75. The van der Waals surface area contributed by atoms with Crippen LogP contribution in [0.25, 0.3) is 0 Å². The summed E-state index contributed by atoms with van der Waals surface area (Å²) in [6, 6.07) is 0. The molecular weight excluding hydrogens is 262 g/mol. The summed E-state index contributed by atoms with van der Waals surface area (Å²) >= 11 is 8.91. The van der Waals surface area contributed by atoms with E-state index in [1.54, 1.807) is 11.1 Å². The van der Waals surface area contributed by atoms with Crippen molar-refractivity contribution in [3.8, 4) is 0 Å². The van der Waals surface area contributed by atoms with E-state index < -0.39 is 0 Å². The molecule has 0 aromatic carbocycles. The Morgan fingerprint density at radius 3 is 2.18 bits per heavy atom. The van der Waals surface area contributed by atoms with E-state index in [-0.39, 0.29) is 10.3 Å². The molecule has 0 bridgehead atoms. The number of morpholine rings is 1. The van der Waals surface area contributed by atoms with E-state index in [2.05, 4.69) is 29.2 Å². The molecule has 8 heteroatoms. The second-order valence-corrected chi connectivity index (χ2v) is 3.66. The Kier molecular flexibility index (Phi) is 9.63. The Morgan fingerprint density at radius 2 is 1.82 bits per heavy atom. The number of allylic oxidation sites excluding steroid dienone is 1. The second kappa shape index (κ2) is 10.2. The summed E-state index contributed by atoms with van der Waals surface area (Å²) in [5.41, 5.74) is 10.1. The van der Waals surface area contributed by atoms with Crippen LogP contribution in [-0.4, -0.2) is 41.7 Å². The number of thiocarbonyl (C=S) groups is 2. The molecule has 1 fully saturated rings. The molecule has 0 saturated carbocycles. The van der Waals surface area contributed by atoms with Gasteiger partial charge in [0, 0.05) is 0 Å². The largest absolute Gasteiger partial charge is 0.440 e. The van der Waals surface area contributed by atoms with Crippen LogP contribution in [0.5, 0.6) is 0 Å². The molecule has 0 atom stereocenters. The zero-order chi connectivity index (χ0) is 13.1. The highest BCUT2D eigenvalue weighted by atomic mass is 32.1. The quantitative estimate of drug-likeness (QED) is 0.551. The van der Waals surface area contributed by atoms with Crippen LogP contribution in [0.1, 0.15) is 6.92 Å². The smallest absolute Gasteiger partial charge is 0.276 e. The third-order valence-corrected chi connectivity index (χ3v) is 1.68. The summed E-state index contributed by atoms with van der Waals surface area (Å²) in [7, 11) is 0. The average molecular weight is 279 g/mol. The Balaban J connectivity index is 0.000000325. The molecular formula is C9H17N3O3S2. The molecule has 4 N–H and O–H groups in total. The first-order chi connectivity index (χ1) is 8.06. The minimum Gasteiger partial charge on any atom is -0.440 e. The molecule has 0 aromatic heterocycles. The number of rotatable bonds is 2. The van der Waals surface area contributed by atoms with Crippen LogP contribution in [0.15, 0.2) is 12.3 Å². The molecule has 1 heterocycles. The number of nitrogens with zero attached hydrogens (tertiary/aromatic N) is 1. The van der Waals surface area contributed by atoms with Crippen molar-refractivity contribution < 1.29 is 14.3 Å². The van der Waals surface area contributed by atoms with Gasteiger partial charge in [-0.3, -0.25) is 0 Å². The molecule has 0 amide bonds. The molecule has 1 rings (SSSR count). The van der Waals surface area contributed by atoms with Crippen LogP contribution in [0.3, 0.4) is 0 Å². The molecule has 0 unspecified atom stereocenters. The lowest BCUT2D eigenvalue weighted by atomic mass is 10.5. The average Bonchev–Trinajstić information content (AvgIpc) is 2.27. The number of hydrogen-bond acceptors (Lipinski definition) is 6. The summed E-state index contributed by atoms with van der Waals surface area (Å²) in [5.74, 6) is 0. The lowest BCUT2D eigenvalue weighted by Gasteiger charge is -2.24. The van der Waals surface area contributed by atoms with Crippen molar-refractivity contribution in [2.24, 2.45) is 11.5 Å². The Morgan fingerprint density at radius 1 is 1.24 bits per heavy atom. The topological polar surface area (TPSA) is 83.0 Å². The molecule has 0 radical (unpaired) electrons. The van der Waals surface area contributed by atoms with Gasteiger partial charge in [-0.1, -0.05) is 6.08 Å². The predicted octanol–water partition coefficient (Wildman–Crippen LogP) is 0.274. The third kappa shape index (κ3) is 11.3. The molecule has 1 saturated heterocycles. The molecule has 1 aliphatic heterocycles. The van der Waals surface area contributed by atoms with E-state index in [9.17, 15) is 0 Å². The summed E-state index contributed by atoms with van der Waals surface area (Å²) in [6.45, 7) is 4.65. The highest BCUT2D eigenvalue weighted by Crippen LogP contribution is 1.96. The summed E-state index contributed by atoms with van der Waals surface area (Å²) < 4.78 is 9.60. The van der Waals surface area contributed by atoms with Gasteiger partial charge in [-0.05, 0) is 31.4 Å². The van der Waals surface area contributed by atoms with Crippen LogP contribution in [-0.2, 0) is 14.3 Å². The van der Waals surface area contributed by atoms with Gasteiger partial charge < -0.3 is 25.8 Å². The van der Waals surface area contributed by atoms with Gasteiger partial charge in [0.15, 0.2) is 0 Å². The maximum atomic E-state index is 5.15. The predicted molar refractivity (Wildman–Crippen MR) is 72.9 cm³/mol. The van der Waals surface area contributed by atoms with Crippen molar-refractivity contribution in [1.82, 2.24) is 5.06 Å². The van der Waals surface area contributed by atoms with E-state index in [4.69, 9.17) is 21.0 Å². The molecule has 17 heavy (non-hydrogen) atoms. The highest BCUT2D eigenvalue weighted by molar-refractivity contribution is 7.80. The molecule has 0 spiro atoms. The van der Waals surface area contributed by atoms with Crippen LogP contribution in [0, 0.1) is 0 Å². The first kappa shape index (κ1) is 16.0. The van der Waals surface area contributed by atoms with Crippen LogP contribution in [0.2, 0.25) is 0 Å². The van der Waals surface area contributed by atoms with Gasteiger partial charge in [0.2, 0.25) is 0 Å². The van der Waals surface area contributed by atoms with Crippen molar-refractivity contribution in [3.05, 3.63) is 12.3 Å². The van der Waals surface area contributed by atoms with Crippen LogP contribution in [0.4, 0.5) is 0 Å². The fourth-order valence-electron chi connectivity index (χ4n) is 0.900. The molecule has 6 nitrogen and oxygen atoms in total. The highest BCUT2D eigenvalue weighted by Gasteiger charge is 2.11. The van der Waals surface area contributed by atoms with Crippen LogP contribution < -0.4 is 11.5 Å². The number of ether oxygens (including phenoxy) is 2. The molecule has 0 aromatic rings. The summed E-state index contributed by atoms with van der Waals surface area (Å²) in [5, 5.41) is 1.83. The Bertz CT molecular complexity index is 268. The van der Waals surface area contributed by atoms with Gasteiger partial charge in [0.1, 0.15) is 0 Å².